The molecule has 0 fully saturated rings. The molecule has 1 rings (SSSR count). The van der Waals surface area contributed by atoms with E-state index in [0.29, 0.717) is 18.4 Å². The third-order valence-electron chi connectivity index (χ3n) is 3.04. The van der Waals surface area contributed by atoms with E-state index in [1.807, 2.05) is 19.9 Å². The molecule has 0 aromatic heterocycles. The number of allylic oxidation sites excluding steroid dienone is 3. The summed E-state index contributed by atoms with van der Waals surface area (Å²) in [6.45, 7) is 5.64. The highest BCUT2D eigenvalue weighted by atomic mass is 16.3. The highest BCUT2D eigenvalue weighted by molar-refractivity contribution is 5.99. The van der Waals surface area contributed by atoms with Crippen LogP contribution in [0.2, 0.25) is 0 Å². The maximum absolute atomic E-state index is 11.9. The van der Waals surface area contributed by atoms with E-state index in [9.17, 15) is 14.7 Å². The van der Waals surface area contributed by atoms with Crippen LogP contribution in [-0.4, -0.2) is 22.8 Å². The third-order valence-corrected chi connectivity index (χ3v) is 3.04. The van der Waals surface area contributed by atoms with Crippen molar-refractivity contribution in [1.82, 2.24) is 0 Å². The zero-order chi connectivity index (χ0) is 13.0. The van der Waals surface area contributed by atoms with Crippen molar-refractivity contribution in [2.24, 2.45) is 5.92 Å². The average molecular weight is 236 g/mol. The first-order chi connectivity index (χ1) is 7.91. The van der Waals surface area contributed by atoms with E-state index < -0.39 is 12.0 Å². The lowest BCUT2D eigenvalue weighted by Gasteiger charge is -2.23. The fourth-order valence-electron chi connectivity index (χ4n) is 1.94. The molecule has 1 N–H and O–H groups in total. The van der Waals surface area contributed by atoms with Crippen LogP contribution >= 0.6 is 0 Å². The largest absolute Gasteiger partial charge is 0.388 e. The molecule has 0 spiro atoms. The lowest BCUT2D eigenvalue weighted by atomic mass is 9.83. The van der Waals surface area contributed by atoms with Gasteiger partial charge in [0.1, 0.15) is 5.78 Å². The third kappa shape index (κ3) is 3.93. The summed E-state index contributed by atoms with van der Waals surface area (Å²) in [5.41, 5.74) is 1.74. The van der Waals surface area contributed by atoms with Crippen LogP contribution in [0.3, 0.4) is 0 Å². The van der Waals surface area contributed by atoms with Crippen molar-refractivity contribution in [1.29, 1.82) is 0 Å². The Kier molecular flexibility index (Phi) is 4.82. The van der Waals surface area contributed by atoms with Gasteiger partial charge in [-0.05, 0) is 38.8 Å². The van der Waals surface area contributed by atoms with Gasteiger partial charge in [0.2, 0.25) is 0 Å². The Labute approximate surface area is 102 Å². The highest BCUT2D eigenvalue weighted by Gasteiger charge is 2.31. The maximum atomic E-state index is 11.9. The number of carbonyl (C=O) groups excluding carboxylic acids is 2. The minimum atomic E-state index is -0.799. The van der Waals surface area contributed by atoms with Gasteiger partial charge in [-0.15, -0.1) is 0 Å². The lowest BCUT2D eigenvalue weighted by molar-refractivity contribution is -0.130. The molecule has 0 bridgehead atoms. The lowest BCUT2D eigenvalue weighted by Crippen LogP contribution is -2.33. The number of hydrogen-bond acceptors (Lipinski definition) is 3. The minimum Gasteiger partial charge on any atom is -0.388 e. The number of ketones is 2. The summed E-state index contributed by atoms with van der Waals surface area (Å²) < 4.78 is 0. The molecule has 3 nitrogen and oxygen atoms in total. The first-order valence-electron chi connectivity index (χ1n) is 5.97. The van der Waals surface area contributed by atoms with Crippen molar-refractivity contribution in [3.05, 3.63) is 23.3 Å². The summed E-state index contributed by atoms with van der Waals surface area (Å²) in [5.74, 6) is -0.597. The number of aliphatic hydroxyl groups is 1. The molecule has 1 aliphatic carbocycles. The first-order valence-corrected chi connectivity index (χ1v) is 5.97. The van der Waals surface area contributed by atoms with Gasteiger partial charge in [-0.3, -0.25) is 9.59 Å². The van der Waals surface area contributed by atoms with E-state index in [4.69, 9.17) is 0 Å². The van der Waals surface area contributed by atoms with Crippen molar-refractivity contribution in [3.8, 4) is 0 Å². The Bertz CT molecular complexity index is 373. The molecule has 94 valence electrons. The molecule has 1 aliphatic rings. The standard InChI is InChI=1S/C14H20O3/c1-9(2)5-4-6-12(15)11-8-13(16)10(3)7-14(11)17/h5,7,11,14,17H,4,6,8H2,1-3H3. The van der Waals surface area contributed by atoms with Gasteiger partial charge in [-0.2, -0.15) is 0 Å². The SMILES string of the molecule is CC(C)=CCCC(=O)C1CC(=O)C(C)=CC1O. The van der Waals surface area contributed by atoms with Crippen LogP contribution in [0, 0.1) is 5.92 Å². The molecule has 2 unspecified atom stereocenters. The van der Waals surface area contributed by atoms with Crippen LogP contribution in [-0.2, 0) is 9.59 Å². The minimum absolute atomic E-state index is 0.0212. The van der Waals surface area contributed by atoms with Crippen molar-refractivity contribution >= 4 is 11.6 Å². The van der Waals surface area contributed by atoms with Gasteiger partial charge in [0.25, 0.3) is 0 Å². The average Bonchev–Trinajstić information content (AvgIpc) is 2.22. The Morgan fingerprint density at radius 3 is 2.76 bits per heavy atom. The fourth-order valence-corrected chi connectivity index (χ4v) is 1.94. The van der Waals surface area contributed by atoms with Crippen LogP contribution in [0.5, 0.6) is 0 Å². The monoisotopic (exact) mass is 236 g/mol. The topological polar surface area (TPSA) is 54.4 Å². The Balaban J connectivity index is 2.59. The van der Waals surface area contributed by atoms with Gasteiger partial charge in [0, 0.05) is 12.8 Å². The second-order valence-electron chi connectivity index (χ2n) is 4.86. The van der Waals surface area contributed by atoms with Crippen LogP contribution in [0.1, 0.15) is 40.0 Å². The van der Waals surface area contributed by atoms with Crippen molar-refractivity contribution < 1.29 is 14.7 Å². The van der Waals surface area contributed by atoms with Crippen LogP contribution in [0.4, 0.5) is 0 Å². The van der Waals surface area contributed by atoms with Crippen LogP contribution < -0.4 is 0 Å². The van der Waals surface area contributed by atoms with Gasteiger partial charge in [0.05, 0.1) is 12.0 Å². The summed E-state index contributed by atoms with van der Waals surface area (Å²) in [6.07, 6.45) is 3.92. The van der Waals surface area contributed by atoms with Crippen LogP contribution in [0.15, 0.2) is 23.3 Å². The quantitative estimate of drug-likeness (QED) is 0.761. The Morgan fingerprint density at radius 2 is 2.18 bits per heavy atom. The second-order valence-corrected chi connectivity index (χ2v) is 4.86. The van der Waals surface area contributed by atoms with Crippen molar-refractivity contribution in [2.75, 3.05) is 0 Å². The molecule has 0 saturated heterocycles. The first kappa shape index (κ1) is 13.8. The summed E-state index contributed by atoms with van der Waals surface area (Å²) in [7, 11) is 0. The highest BCUT2D eigenvalue weighted by Crippen LogP contribution is 2.23. The molecule has 0 radical (unpaired) electrons. The molecule has 0 amide bonds. The predicted molar refractivity (Wildman–Crippen MR) is 66.5 cm³/mol. The zero-order valence-corrected chi connectivity index (χ0v) is 10.7. The maximum Gasteiger partial charge on any atom is 0.159 e. The molecule has 2 atom stereocenters. The predicted octanol–water partition coefficient (Wildman–Crippen LogP) is 2.20. The molecule has 3 heteroatoms. The molecular formula is C14H20O3. The van der Waals surface area contributed by atoms with Crippen molar-refractivity contribution in [3.63, 3.8) is 0 Å². The molecule has 0 saturated carbocycles. The van der Waals surface area contributed by atoms with Gasteiger partial charge in [0.15, 0.2) is 5.78 Å². The van der Waals surface area contributed by atoms with E-state index >= 15 is 0 Å². The van der Waals surface area contributed by atoms with E-state index in [-0.39, 0.29) is 18.0 Å². The van der Waals surface area contributed by atoms with Gasteiger partial charge >= 0.3 is 0 Å². The van der Waals surface area contributed by atoms with Gasteiger partial charge in [-0.25, -0.2) is 0 Å². The van der Waals surface area contributed by atoms with Crippen LogP contribution in [0.25, 0.3) is 0 Å². The Morgan fingerprint density at radius 1 is 1.53 bits per heavy atom. The van der Waals surface area contributed by atoms with E-state index in [0.717, 1.165) is 0 Å². The number of Topliss-reactive ketones (excluding diaryl/α,β-unsaturated/α-hetero) is 2. The van der Waals surface area contributed by atoms with E-state index in [1.54, 1.807) is 6.92 Å². The normalized spacial score (nSPS) is 24.2. The molecule has 17 heavy (non-hydrogen) atoms. The zero-order valence-electron chi connectivity index (χ0n) is 10.7. The number of rotatable bonds is 4. The number of hydrogen-bond donors (Lipinski definition) is 1. The summed E-state index contributed by atoms with van der Waals surface area (Å²) in [6, 6.07) is 0. The fraction of sp³-hybridized carbons (Fsp3) is 0.571. The van der Waals surface area contributed by atoms with E-state index in [1.165, 1.54) is 11.6 Å². The molecule has 0 heterocycles. The Hall–Kier alpha value is -1.22. The van der Waals surface area contributed by atoms with Gasteiger partial charge in [-0.1, -0.05) is 11.6 Å². The molecule has 0 aromatic rings. The smallest absolute Gasteiger partial charge is 0.159 e. The number of aliphatic hydroxyl groups excluding tert-OH is 1. The summed E-state index contributed by atoms with van der Waals surface area (Å²) >= 11 is 0. The summed E-state index contributed by atoms with van der Waals surface area (Å²) in [5, 5.41) is 9.77. The molecule has 0 aromatic carbocycles. The molecular weight excluding hydrogens is 216 g/mol. The second kappa shape index (κ2) is 5.92. The summed E-state index contributed by atoms with van der Waals surface area (Å²) in [4.78, 5) is 23.4. The van der Waals surface area contributed by atoms with E-state index in [2.05, 4.69) is 0 Å². The number of carbonyl (C=O) groups is 2. The van der Waals surface area contributed by atoms with Gasteiger partial charge < -0.3 is 5.11 Å². The van der Waals surface area contributed by atoms with Crippen molar-refractivity contribution in [2.45, 2.75) is 46.1 Å². The molecule has 0 aliphatic heterocycles.